The van der Waals surface area contributed by atoms with Crippen molar-refractivity contribution in [2.75, 3.05) is 0 Å². The van der Waals surface area contributed by atoms with E-state index in [0.717, 1.165) is 26.8 Å². The largest absolute Gasteiger partial charge is 0.345 e. The number of H-pyrrole nitrogens is 1. The van der Waals surface area contributed by atoms with Crippen LogP contribution in [0.15, 0.2) is 34.9 Å². The summed E-state index contributed by atoms with van der Waals surface area (Å²) in [5.74, 6) is 0.327. The summed E-state index contributed by atoms with van der Waals surface area (Å²) in [6.45, 7) is 1.93. The Morgan fingerprint density at radius 1 is 1.17 bits per heavy atom. The van der Waals surface area contributed by atoms with Crippen LogP contribution in [-0.4, -0.2) is 15.0 Å². The molecule has 3 nitrogen and oxygen atoms in total. The maximum atomic E-state index is 12.9. The van der Waals surface area contributed by atoms with Crippen molar-refractivity contribution >= 4 is 27.0 Å². The second-order valence-electron chi connectivity index (χ2n) is 4.00. The Balaban J connectivity index is 2.21. The second kappa shape index (κ2) is 4.17. The van der Waals surface area contributed by atoms with Crippen LogP contribution in [0.5, 0.6) is 0 Å². The number of halogens is 2. The van der Waals surface area contributed by atoms with Gasteiger partial charge in [-0.1, -0.05) is 0 Å². The average Bonchev–Trinajstić information content (AvgIpc) is 2.72. The zero-order valence-electron chi connectivity index (χ0n) is 9.54. The summed E-state index contributed by atoms with van der Waals surface area (Å²) in [6.07, 6.45) is 1.83. The van der Waals surface area contributed by atoms with Crippen LogP contribution < -0.4 is 0 Å². The molecule has 0 aliphatic heterocycles. The number of nitrogens with zero attached hydrogens (tertiary/aromatic N) is 2. The van der Waals surface area contributed by atoms with Crippen molar-refractivity contribution in [1.82, 2.24) is 15.0 Å². The number of aromatic amines is 1. The first kappa shape index (κ1) is 11.3. The summed E-state index contributed by atoms with van der Waals surface area (Å²) in [5, 5.41) is 0.973. The van der Waals surface area contributed by atoms with Gasteiger partial charge in [-0.15, -0.1) is 0 Å². The molecule has 0 saturated carbocycles. The summed E-state index contributed by atoms with van der Waals surface area (Å²) < 4.78 is 13.8. The molecule has 0 fully saturated rings. The van der Waals surface area contributed by atoms with Gasteiger partial charge in [-0.3, -0.25) is 0 Å². The van der Waals surface area contributed by atoms with Gasteiger partial charge in [0.2, 0.25) is 0 Å². The summed E-state index contributed by atoms with van der Waals surface area (Å²) in [6, 6.07) is 6.16. The number of hydrogen-bond donors (Lipinski definition) is 1. The minimum Gasteiger partial charge on any atom is -0.345 e. The molecule has 1 N–H and O–H groups in total. The summed E-state index contributed by atoms with van der Waals surface area (Å²) in [4.78, 5) is 12.0. The highest BCUT2D eigenvalue weighted by atomic mass is 79.9. The third-order valence-electron chi connectivity index (χ3n) is 2.77. The molecule has 0 bridgehead atoms. The molecule has 5 heteroatoms. The molecule has 0 unspecified atom stereocenters. The fraction of sp³-hybridized carbons (Fsp3) is 0.0769. The molecule has 0 aliphatic rings. The Morgan fingerprint density at radius 2 is 1.89 bits per heavy atom. The Labute approximate surface area is 111 Å². The predicted molar refractivity (Wildman–Crippen MR) is 71.7 cm³/mol. The maximum Gasteiger partial charge on any atom is 0.161 e. The lowest BCUT2D eigenvalue weighted by atomic mass is 10.2. The minimum atomic E-state index is -0.265. The van der Waals surface area contributed by atoms with Gasteiger partial charge >= 0.3 is 0 Å². The van der Waals surface area contributed by atoms with Gasteiger partial charge in [0, 0.05) is 16.2 Å². The van der Waals surface area contributed by atoms with Gasteiger partial charge < -0.3 is 4.98 Å². The van der Waals surface area contributed by atoms with Gasteiger partial charge in [-0.2, -0.15) is 0 Å². The molecule has 0 radical (unpaired) electrons. The number of fused-ring (bicyclic) bond motifs is 1. The van der Waals surface area contributed by atoms with E-state index in [-0.39, 0.29) is 5.82 Å². The molecule has 0 atom stereocenters. The molecule has 1 aromatic carbocycles. The van der Waals surface area contributed by atoms with Crippen molar-refractivity contribution in [3.63, 3.8) is 0 Å². The molecule has 2 aromatic heterocycles. The summed E-state index contributed by atoms with van der Waals surface area (Å²) >= 11 is 3.45. The van der Waals surface area contributed by atoms with E-state index in [9.17, 15) is 4.39 Å². The van der Waals surface area contributed by atoms with E-state index in [1.807, 2.05) is 13.1 Å². The predicted octanol–water partition coefficient (Wildman–Crippen LogP) is 3.83. The van der Waals surface area contributed by atoms with E-state index in [1.165, 1.54) is 12.1 Å². The number of aryl methyl sites for hydroxylation is 1. The quantitative estimate of drug-likeness (QED) is 0.742. The molecule has 3 aromatic rings. The van der Waals surface area contributed by atoms with Gasteiger partial charge in [0.1, 0.15) is 11.5 Å². The molecule has 2 heterocycles. The van der Waals surface area contributed by atoms with Crippen LogP contribution in [0.4, 0.5) is 4.39 Å². The van der Waals surface area contributed by atoms with E-state index in [2.05, 4.69) is 30.9 Å². The lowest BCUT2D eigenvalue weighted by molar-refractivity contribution is 0.628. The molecule has 0 saturated heterocycles. The van der Waals surface area contributed by atoms with Crippen molar-refractivity contribution in [3.8, 4) is 11.4 Å². The lowest BCUT2D eigenvalue weighted by Crippen LogP contribution is -1.93. The SMILES string of the molecule is Cc1nc(-c2ccc(F)cc2)nc2[nH]cc(Br)c12. The van der Waals surface area contributed by atoms with Crippen LogP contribution in [0, 0.1) is 12.7 Å². The van der Waals surface area contributed by atoms with Crippen LogP contribution in [0.25, 0.3) is 22.4 Å². The van der Waals surface area contributed by atoms with E-state index >= 15 is 0 Å². The molecule has 0 aliphatic carbocycles. The van der Waals surface area contributed by atoms with Crippen molar-refractivity contribution in [2.45, 2.75) is 6.92 Å². The molecule has 3 rings (SSSR count). The average molecular weight is 306 g/mol. The standard InChI is InChI=1S/C13H9BrFN3/c1-7-11-10(14)6-16-13(11)18-12(17-7)8-2-4-9(15)5-3-8/h2-6H,1H3,(H,16,17,18). The van der Waals surface area contributed by atoms with Crippen LogP contribution in [0.2, 0.25) is 0 Å². The highest BCUT2D eigenvalue weighted by Crippen LogP contribution is 2.26. The molecule has 0 spiro atoms. The summed E-state index contributed by atoms with van der Waals surface area (Å²) in [7, 11) is 0. The fourth-order valence-electron chi connectivity index (χ4n) is 1.90. The van der Waals surface area contributed by atoms with Crippen molar-refractivity contribution < 1.29 is 4.39 Å². The third-order valence-corrected chi connectivity index (χ3v) is 3.39. The topological polar surface area (TPSA) is 41.6 Å². The van der Waals surface area contributed by atoms with E-state index in [4.69, 9.17) is 0 Å². The smallest absolute Gasteiger partial charge is 0.161 e. The lowest BCUT2D eigenvalue weighted by Gasteiger charge is -2.03. The highest BCUT2D eigenvalue weighted by Gasteiger charge is 2.10. The second-order valence-corrected chi connectivity index (χ2v) is 4.85. The Morgan fingerprint density at radius 3 is 2.61 bits per heavy atom. The van der Waals surface area contributed by atoms with Crippen LogP contribution in [0.1, 0.15) is 5.69 Å². The zero-order valence-corrected chi connectivity index (χ0v) is 11.1. The molecular formula is C13H9BrFN3. The molecular weight excluding hydrogens is 297 g/mol. The molecule has 18 heavy (non-hydrogen) atoms. The normalized spacial score (nSPS) is 11.1. The molecule has 0 amide bonds. The minimum absolute atomic E-state index is 0.265. The first-order valence-electron chi connectivity index (χ1n) is 5.42. The first-order chi connectivity index (χ1) is 8.65. The Hall–Kier alpha value is -1.75. The van der Waals surface area contributed by atoms with E-state index in [0.29, 0.717) is 5.82 Å². The number of benzene rings is 1. The van der Waals surface area contributed by atoms with Gasteiger partial charge in [-0.25, -0.2) is 14.4 Å². The van der Waals surface area contributed by atoms with E-state index in [1.54, 1.807) is 12.1 Å². The first-order valence-corrected chi connectivity index (χ1v) is 6.21. The van der Waals surface area contributed by atoms with Crippen molar-refractivity contribution in [1.29, 1.82) is 0 Å². The monoisotopic (exact) mass is 305 g/mol. The zero-order chi connectivity index (χ0) is 12.7. The number of nitrogens with one attached hydrogen (secondary N) is 1. The molecule has 90 valence electrons. The number of aromatic nitrogens is 3. The number of hydrogen-bond acceptors (Lipinski definition) is 2. The highest BCUT2D eigenvalue weighted by molar-refractivity contribution is 9.10. The van der Waals surface area contributed by atoms with Gasteiger partial charge in [-0.05, 0) is 47.1 Å². The van der Waals surface area contributed by atoms with Gasteiger partial charge in [0.15, 0.2) is 5.82 Å². The van der Waals surface area contributed by atoms with Crippen molar-refractivity contribution in [3.05, 3.63) is 46.4 Å². The maximum absolute atomic E-state index is 12.9. The van der Waals surface area contributed by atoms with Gasteiger partial charge in [0.25, 0.3) is 0 Å². The third kappa shape index (κ3) is 1.80. The fourth-order valence-corrected chi connectivity index (χ4v) is 2.48. The Bertz CT molecular complexity index is 719. The Kier molecular flexibility index (Phi) is 2.63. The summed E-state index contributed by atoms with van der Waals surface area (Å²) in [5.41, 5.74) is 2.45. The number of rotatable bonds is 1. The van der Waals surface area contributed by atoms with Crippen molar-refractivity contribution in [2.24, 2.45) is 0 Å². The van der Waals surface area contributed by atoms with Crippen LogP contribution in [-0.2, 0) is 0 Å². The van der Waals surface area contributed by atoms with Gasteiger partial charge in [0.05, 0.1) is 11.1 Å². The van der Waals surface area contributed by atoms with Crippen LogP contribution >= 0.6 is 15.9 Å². The van der Waals surface area contributed by atoms with Crippen LogP contribution in [0.3, 0.4) is 0 Å². The van der Waals surface area contributed by atoms with E-state index < -0.39 is 0 Å².